The zero-order valence-electron chi connectivity index (χ0n) is 10.9. The van der Waals surface area contributed by atoms with Crippen molar-refractivity contribution in [2.75, 3.05) is 13.6 Å². The number of benzene rings is 1. The SMILES string of the molecule is CNC(c1ccc2nc(C)oc2c1)C1(CN)CC1. The number of nitrogens with one attached hydrogen (secondary N) is 1. The van der Waals surface area contributed by atoms with Gasteiger partial charge in [-0.2, -0.15) is 0 Å². The van der Waals surface area contributed by atoms with Gasteiger partial charge >= 0.3 is 0 Å². The van der Waals surface area contributed by atoms with E-state index in [9.17, 15) is 0 Å². The number of nitrogens with two attached hydrogens (primary N) is 1. The van der Waals surface area contributed by atoms with Crippen molar-refractivity contribution >= 4 is 11.1 Å². The second-order valence-electron chi connectivity index (χ2n) is 5.25. The summed E-state index contributed by atoms with van der Waals surface area (Å²) in [5.41, 5.74) is 9.18. The van der Waals surface area contributed by atoms with Crippen molar-refractivity contribution in [2.45, 2.75) is 25.8 Å². The van der Waals surface area contributed by atoms with E-state index in [1.807, 2.05) is 20.0 Å². The maximum atomic E-state index is 5.92. The largest absolute Gasteiger partial charge is 0.441 e. The van der Waals surface area contributed by atoms with Crippen LogP contribution < -0.4 is 11.1 Å². The minimum Gasteiger partial charge on any atom is -0.441 e. The molecular weight excluding hydrogens is 226 g/mol. The average molecular weight is 245 g/mol. The normalized spacial score (nSPS) is 19.1. The Bertz CT molecular complexity index is 571. The topological polar surface area (TPSA) is 64.1 Å². The highest BCUT2D eigenvalue weighted by molar-refractivity contribution is 5.73. The second-order valence-corrected chi connectivity index (χ2v) is 5.25. The molecule has 0 bridgehead atoms. The zero-order chi connectivity index (χ0) is 12.8. The van der Waals surface area contributed by atoms with Crippen molar-refractivity contribution in [3.63, 3.8) is 0 Å². The molecule has 3 N–H and O–H groups in total. The Morgan fingerprint density at radius 2 is 2.28 bits per heavy atom. The van der Waals surface area contributed by atoms with E-state index >= 15 is 0 Å². The van der Waals surface area contributed by atoms with Crippen molar-refractivity contribution in [1.29, 1.82) is 0 Å². The van der Waals surface area contributed by atoms with Crippen molar-refractivity contribution in [2.24, 2.45) is 11.1 Å². The summed E-state index contributed by atoms with van der Waals surface area (Å²) in [6.45, 7) is 2.60. The molecule has 1 aromatic heterocycles. The van der Waals surface area contributed by atoms with Gasteiger partial charge in [0.2, 0.25) is 0 Å². The minimum atomic E-state index is 0.234. The summed E-state index contributed by atoms with van der Waals surface area (Å²) in [6.07, 6.45) is 2.39. The van der Waals surface area contributed by atoms with Crippen molar-refractivity contribution in [1.82, 2.24) is 10.3 Å². The highest BCUT2D eigenvalue weighted by Gasteiger charge is 2.48. The molecule has 2 aromatic rings. The molecule has 0 spiro atoms. The highest BCUT2D eigenvalue weighted by atomic mass is 16.3. The van der Waals surface area contributed by atoms with Gasteiger partial charge in [0.15, 0.2) is 11.5 Å². The molecular formula is C14H19N3O. The van der Waals surface area contributed by atoms with E-state index in [4.69, 9.17) is 10.2 Å². The molecule has 0 saturated heterocycles. The number of fused-ring (bicyclic) bond motifs is 1. The zero-order valence-corrected chi connectivity index (χ0v) is 10.9. The monoisotopic (exact) mass is 245 g/mol. The molecule has 18 heavy (non-hydrogen) atoms. The van der Waals surface area contributed by atoms with Crippen LogP contribution in [0.15, 0.2) is 22.6 Å². The van der Waals surface area contributed by atoms with Crippen LogP contribution in [0.3, 0.4) is 0 Å². The molecule has 4 heteroatoms. The lowest BCUT2D eigenvalue weighted by atomic mass is 9.90. The Morgan fingerprint density at radius 3 is 2.89 bits per heavy atom. The highest BCUT2D eigenvalue weighted by Crippen LogP contribution is 2.54. The molecule has 1 unspecified atom stereocenters. The van der Waals surface area contributed by atoms with Crippen LogP contribution in [0.4, 0.5) is 0 Å². The molecule has 96 valence electrons. The summed E-state index contributed by atoms with van der Waals surface area (Å²) in [5.74, 6) is 0.711. The predicted octanol–water partition coefficient (Wildman–Crippen LogP) is 2.14. The van der Waals surface area contributed by atoms with Crippen LogP contribution >= 0.6 is 0 Å². The summed E-state index contributed by atoms with van der Waals surface area (Å²) < 4.78 is 5.60. The lowest BCUT2D eigenvalue weighted by molar-refractivity contribution is 0.366. The Morgan fingerprint density at radius 1 is 1.50 bits per heavy atom. The number of aromatic nitrogens is 1. The fourth-order valence-electron chi connectivity index (χ4n) is 2.83. The van der Waals surface area contributed by atoms with E-state index in [2.05, 4.69) is 22.4 Å². The second kappa shape index (κ2) is 4.07. The Labute approximate surface area is 107 Å². The summed E-state index contributed by atoms with van der Waals surface area (Å²) in [4.78, 5) is 4.33. The molecule has 0 amide bonds. The average Bonchev–Trinajstić information content (AvgIpc) is 3.05. The third kappa shape index (κ3) is 1.72. The number of aryl methyl sites for hydroxylation is 1. The molecule has 0 radical (unpaired) electrons. The van der Waals surface area contributed by atoms with Gasteiger partial charge in [-0.05, 0) is 44.1 Å². The van der Waals surface area contributed by atoms with Gasteiger partial charge in [0.25, 0.3) is 0 Å². The first-order chi connectivity index (χ1) is 8.68. The fourth-order valence-corrected chi connectivity index (χ4v) is 2.83. The Balaban J connectivity index is 2.01. The van der Waals surface area contributed by atoms with Crippen LogP contribution in [-0.2, 0) is 0 Å². The molecule has 1 fully saturated rings. The maximum absolute atomic E-state index is 5.92. The smallest absolute Gasteiger partial charge is 0.192 e. The van der Waals surface area contributed by atoms with E-state index in [-0.39, 0.29) is 5.41 Å². The number of hydrogen-bond acceptors (Lipinski definition) is 4. The third-order valence-corrected chi connectivity index (χ3v) is 4.05. The van der Waals surface area contributed by atoms with Gasteiger partial charge in [-0.15, -0.1) is 0 Å². The van der Waals surface area contributed by atoms with Crippen molar-refractivity contribution < 1.29 is 4.42 Å². The van der Waals surface area contributed by atoms with E-state index in [1.54, 1.807) is 0 Å². The molecule has 1 atom stereocenters. The number of nitrogens with zero attached hydrogens (tertiary/aromatic N) is 1. The first-order valence-electron chi connectivity index (χ1n) is 6.43. The molecule has 1 aliphatic carbocycles. The summed E-state index contributed by atoms with van der Waals surface area (Å²) in [5, 5.41) is 3.40. The van der Waals surface area contributed by atoms with Gasteiger partial charge in [-0.3, -0.25) is 0 Å². The van der Waals surface area contributed by atoms with Gasteiger partial charge < -0.3 is 15.5 Å². The van der Waals surface area contributed by atoms with Crippen LogP contribution in [0.1, 0.15) is 30.3 Å². The maximum Gasteiger partial charge on any atom is 0.192 e. The van der Waals surface area contributed by atoms with Crippen LogP contribution in [-0.4, -0.2) is 18.6 Å². The predicted molar refractivity (Wildman–Crippen MR) is 71.3 cm³/mol. The van der Waals surface area contributed by atoms with E-state index in [0.717, 1.165) is 17.6 Å². The van der Waals surface area contributed by atoms with Gasteiger partial charge in [0.1, 0.15) is 5.52 Å². The van der Waals surface area contributed by atoms with Crippen LogP contribution in [0.2, 0.25) is 0 Å². The molecule has 1 heterocycles. The first kappa shape index (κ1) is 11.7. The van der Waals surface area contributed by atoms with Crippen LogP contribution in [0, 0.1) is 12.3 Å². The number of rotatable bonds is 4. The Hall–Kier alpha value is -1.39. The molecule has 1 aliphatic rings. The van der Waals surface area contributed by atoms with Crippen LogP contribution in [0.25, 0.3) is 11.1 Å². The van der Waals surface area contributed by atoms with E-state index < -0.39 is 0 Å². The van der Waals surface area contributed by atoms with Crippen molar-refractivity contribution in [3.8, 4) is 0 Å². The lowest BCUT2D eigenvalue weighted by Gasteiger charge is -2.25. The molecule has 4 nitrogen and oxygen atoms in total. The lowest BCUT2D eigenvalue weighted by Crippen LogP contribution is -2.32. The van der Waals surface area contributed by atoms with E-state index in [0.29, 0.717) is 11.9 Å². The standard InChI is InChI=1S/C14H19N3O/c1-9-17-11-4-3-10(7-12(11)18-9)13(16-2)14(8-15)5-6-14/h3-4,7,13,16H,5-6,8,15H2,1-2H3. The third-order valence-electron chi connectivity index (χ3n) is 4.05. The minimum absolute atomic E-state index is 0.234. The molecule has 0 aliphatic heterocycles. The quantitative estimate of drug-likeness (QED) is 0.866. The number of hydrogen-bond donors (Lipinski definition) is 2. The van der Waals surface area contributed by atoms with Crippen LogP contribution in [0.5, 0.6) is 0 Å². The molecule has 1 aromatic carbocycles. The van der Waals surface area contributed by atoms with Crippen molar-refractivity contribution in [3.05, 3.63) is 29.7 Å². The van der Waals surface area contributed by atoms with Gasteiger partial charge in [0, 0.05) is 18.4 Å². The molecule has 3 rings (SSSR count). The first-order valence-corrected chi connectivity index (χ1v) is 6.43. The van der Waals surface area contributed by atoms with E-state index in [1.165, 1.54) is 18.4 Å². The van der Waals surface area contributed by atoms with Gasteiger partial charge in [0.05, 0.1) is 0 Å². The molecule has 1 saturated carbocycles. The summed E-state index contributed by atoms with van der Waals surface area (Å²) in [7, 11) is 2.00. The summed E-state index contributed by atoms with van der Waals surface area (Å²) >= 11 is 0. The van der Waals surface area contributed by atoms with Gasteiger partial charge in [-0.25, -0.2) is 4.98 Å². The Kier molecular flexibility index (Phi) is 2.64. The van der Waals surface area contributed by atoms with Gasteiger partial charge in [-0.1, -0.05) is 6.07 Å². The summed E-state index contributed by atoms with van der Waals surface area (Å²) in [6, 6.07) is 6.54. The number of oxazole rings is 1. The fraction of sp³-hybridized carbons (Fsp3) is 0.500.